The molecule has 2 rings (SSSR count). The first kappa shape index (κ1) is 13.4. The maximum atomic E-state index is 12.0. The summed E-state index contributed by atoms with van der Waals surface area (Å²) in [6, 6.07) is 6.51. The normalized spacial score (nSPS) is 20.8. The molecule has 102 valence electrons. The second kappa shape index (κ2) is 4.91. The number of esters is 2. The minimum absolute atomic E-state index is 0.256. The van der Waals surface area contributed by atoms with Crippen molar-refractivity contribution in [2.75, 3.05) is 13.7 Å². The van der Waals surface area contributed by atoms with Crippen LogP contribution in [0.15, 0.2) is 24.3 Å². The highest BCUT2D eigenvalue weighted by molar-refractivity contribution is 5.92. The monoisotopic (exact) mass is 264 g/mol. The van der Waals surface area contributed by atoms with E-state index in [0.29, 0.717) is 11.3 Å². The first-order valence-corrected chi connectivity index (χ1v) is 5.96. The van der Waals surface area contributed by atoms with Gasteiger partial charge in [0.2, 0.25) is 6.10 Å². The molecule has 1 atom stereocenters. The van der Waals surface area contributed by atoms with Crippen LogP contribution in [-0.4, -0.2) is 31.8 Å². The first-order valence-electron chi connectivity index (χ1n) is 5.96. The third-order valence-corrected chi connectivity index (χ3v) is 3.06. The maximum Gasteiger partial charge on any atom is 0.348 e. The summed E-state index contributed by atoms with van der Waals surface area (Å²) in [4.78, 5) is 23.5. The van der Waals surface area contributed by atoms with Gasteiger partial charge < -0.3 is 14.2 Å². The summed E-state index contributed by atoms with van der Waals surface area (Å²) in [5.41, 5.74) is -0.129. The van der Waals surface area contributed by atoms with Crippen LogP contribution in [-0.2, 0) is 14.3 Å². The molecule has 0 bridgehead atoms. The van der Waals surface area contributed by atoms with Gasteiger partial charge in [0.25, 0.3) is 0 Å². The molecular formula is C14H16O5. The molecule has 1 fully saturated rings. The van der Waals surface area contributed by atoms with Gasteiger partial charge in [-0.1, -0.05) is 13.8 Å². The average Bonchev–Trinajstić information content (AvgIpc) is 2.65. The zero-order chi connectivity index (χ0) is 14.0. The Morgan fingerprint density at radius 1 is 1.32 bits per heavy atom. The summed E-state index contributed by atoms with van der Waals surface area (Å²) in [5.74, 6) is -0.386. The molecule has 0 unspecified atom stereocenters. The highest BCUT2D eigenvalue weighted by Crippen LogP contribution is 2.31. The van der Waals surface area contributed by atoms with Crippen molar-refractivity contribution in [1.29, 1.82) is 0 Å². The lowest BCUT2D eigenvalue weighted by atomic mass is 9.90. The quantitative estimate of drug-likeness (QED) is 0.779. The lowest BCUT2D eigenvalue weighted by molar-refractivity contribution is -0.145. The lowest BCUT2D eigenvalue weighted by Gasteiger charge is -2.21. The van der Waals surface area contributed by atoms with E-state index < -0.39 is 23.5 Å². The Hall–Kier alpha value is -2.04. The van der Waals surface area contributed by atoms with Gasteiger partial charge in [-0.05, 0) is 24.3 Å². The Balaban J connectivity index is 2.10. The van der Waals surface area contributed by atoms with Crippen LogP contribution in [0.25, 0.3) is 0 Å². The smallest absolute Gasteiger partial charge is 0.348 e. The number of rotatable bonds is 3. The van der Waals surface area contributed by atoms with Gasteiger partial charge in [-0.3, -0.25) is 0 Å². The Labute approximate surface area is 111 Å². The van der Waals surface area contributed by atoms with Gasteiger partial charge in [-0.2, -0.15) is 0 Å². The molecule has 0 aliphatic carbocycles. The van der Waals surface area contributed by atoms with Gasteiger partial charge >= 0.3 is 11.9 Å². The number of carbonyl (C=O) groups excluding carboxylic acids is 2. The number of carbonyl (C=O) groups is 2. The van der Waals surface area contributed by atoms with E-state index >= 15 is 0 Å². The van der Waals surface area contributed by atoms with Crippen molar-refractivity contribution in [2.24, 2.45) is 5.41 Å². The number of methoxy groups -OCH3 is 1. The zero-order valence-electron chi connectivity index (χ0n) is 11.1. The molecule has 0 saturated carbocycles. The minimum atomic E-state index is -0.859. The second-order valence-corrected chi connectivity index (χ2v) is 5.11. The summed E-state index contributed by atoms with van der Waals surface area (Å²) >= 11 is 0. The fourth-order valence-electron chi connectivity index (χ4n) is 1.84. The summed E-state index contributed by atoms with van der Waals surface area (Å²) in [7, 11) is 1.55. The van der Waals surface area contributed by atoms with E-state index in [2.05, 4.69) is 0 Å². The largest absolute Gasteiger partial charge is 0.497 e. The molecule has 19 heavy (non-hydrogen) atoms. The van der Waals surface area contributed by atoms with E-state index in [9.17, 15) is 9.59 Å². The van der Waals surface area contributed by atoms with E-state index in [4.69, 9.17) is 14.2 Å². The number of benzene rings is 1. The fourth-order valence-corrected chi connectivity index (χ4v) is 1.84. The van der Waals surface area contributed by atoms with Crippen LogP contribution in [0.2, 0.25) is 0 Å². The molecular weight excluding hydrogens is 248 g/mol. The molecule has 0 radical (unpaired) electrons. The van der Waals surface area contributed by atoms with Crippen molar-refractivity contribution < 1.29 is 23.8 Å². The SMILES string of the molecule is COc1ccc(C(=O)O[C@H]2C(=O)OCC2(C)C)cc1. The van der Waals surface area contributed by atoms with Gasteiger partial charge in [0.05, 0.1) is 12.7 Å². The van der Waals surface area contributed by atoms with E-state index in [1.807, 2.05) is 13.8 Å². The maximum absolute atomic E-state index is 12.0. The fraction of sp³-hybridized carbons (Fsp3) is 0.429. The topological polar surface area (TPSA) is 61.8 Å². The predicted molar refractivity (Wildman–Crippen MR) is 66.9 cm³/mol. The summed E-state index contributed by atoms with van der Waals surface area (Å²) in [5, 5.41) is 0. The van der Waals surface area contributed by atoms with Crippen LogP contribution >= 0.6 is 0 Å². The third kappa shape index (κ3) is 2.70. The molecule has 1 heterocycles. The number of ether oxygens (including phenoxy) is 3. The van der Waals surface area contributed by atoms with Gasteiger partial charge in [0, 0.05) is 5.41 Å². The molecule has 5 heteroatoms. The predicted octanol–water partition coefficient (Wildman–Crippen LogP) is 1.80. The summed E-state index contributed by atoms with van der Waals surface area (Å²) < 4.78 is 15.2. The zero-order valence-corrected chi connectivity index (χ0v) is 11.1. The molecule has 1 saturated heterocycles. The molecule has 5 nitrogen and oxygen atoms in total. The van der Waals surface area contributed by atoms with Crippen LogP contribution in [0.4, 0.5) is 0 Å². The minimum Gasteiger partial charge on any atom is -0.497 e. The molecule has 1 aliphatic heterocycles. The molecule has 1 aromatic rings. The lowest BCUT2D eigenvalue weighted by Crippen LogP contribution is -2.34. The molecule has 0 aromatic heterocycles. The second-order valence-electron chi connectivity index (χ2n) is 5.11. The van der Waals surface area contributed by atoms with Gasteiger partial charge in [-0.25, -0.2) is 9.59 Å². The van der Waals surface area contributed by atoms with E-state index in [-0.39, 0.29) is 6.61 Å². The molecule has 1 aliphatic rings. The third-order valence-electron chi connectivity index (χ3n) is 3.06. The molecule has 0 amide bonds. The Bertz CT molecular complexity index is 489. The van der Waals surface area contributed by atoms with Crippen LogP contribution in [0.1, 0.15) is 24.2 Å². The standard InChI is InChI=1S/C14H16O5/c1-14(2)8-18-13(16)11(14)19-12(15)9-4-6-10(17-3)7-5-9/h4-7,11H,8H2,1-3H3/t11-/m0/s1. The van der Waals surface area contributed by atoms with Crippen molar-refractivity contribution in [1.82, 2.24) is 0 Å². The van der Waals surface area contributed by atoms with Crippen molar-refractivity contribution >= 4 is 11.9 Å². The molecule has 0 spiro atoms. The summed E-state index contributed by atoms with van der Waals surface area (Å²) in [6.07, 6.45) is -0.859. The molecule has 1 aromatic carbocycles. The highest BCUT2D eigenvalue weighted by atomic mass is 16.6. The van der Waals surface area contributed by atoms with E-state index in [1.54, 1.807) is 31.4 Å². The van der Waals surface area contributed by atoms with Crippen molar-refractivity contribution in [3.63, 3.8) is 0 Å². The van der Waals surface area contributed by atoms with Crippen LogP contribution in [0.3, 0.4) is 0 Å². The van der Waals surface area contributed by atoms with Crippen molar-refractivity contribution in [3.8, 4) is 5.75 Å². The van der Waals surface area contributed by atoms with Crippen LogP contribution in [0.5, 0.6) is 5.75 Å². The number of cyclic esters (lactones) is 1. The first-order chi connectivity index (χ1) is 8.94. The Kier molecular flexibility index (Phi) is 3.46. The average molecular weight is 264 g/mol. The van der Waals surface area contributed by atoms with Crippen LogP contribution < -0.4 is 4.74 Å². The molecule has 0 N–H and O–H groups in total. The highest BCUT2D eigenvalue weighted by Gasteiger charge is 2.46. The van der Waals surface area contributed by atoms with E-state index in [0.717, 1.165) is 0 Å². The Morgan fingerprint density at radius 3 is 2.42 bits per heavy atom. The number of hydrogen-bond acceptors (Lipinski definition) is 5. The van der Waals surface area contributed by atoms with Gasteiger partial charge in [0.15, 0.2) is 0 Å². The van der Waals surface area contributed by atoms with Crippen molar-refractivity contribution in [2.45, 2.75) is 20.0 Å². The Morgan fingerprint density at radius 2 is 1.95 bits per heavy atom. The van der Waals surface area contributed by atoms with Crippen LogP contribution in [0, 0.1) is 5.41 Å². The van der Waals surface area contributed by atoms with Gasteiger partial charge in [0.1, 0.15) is 12.4 Å². The van der Waals surface area contributed by atoms with Crippen molar-refractivity contribution in [3.05, 3.63) is 29.8 Å². The summed E-state index contributed by atoms with van der Waals surface area (Å²) in [6.45, 7) is 3.90. The number of hydrogen-bond donors (Lipinski definition) is 0. The van der Waals surface area contributed by atoms with E-state index in [1.165, 1.54) is 0 Å². The van der Waals surface area contributed by atoms with Gasteiger partial charge in [-0.15, -0.1) is 0 Å².